The molecule has 15 heteroatoms. The van der Waals surface area contributed by atoms with Gasteiger partial charge in [0.2, 0.25) is 0 Å². The Hall–Kier alpha value is -1.34. The largest absolute Gasteiger partial charge is 0.459 e. The van der Waals surface area contributed by atoms with Crippen molar-refractivity contribution in [3.05, 3.63) is 0 Å². The van der Waals surface area contributed by atoms with E-state index in [0.29, 0.717) is 19.5 Å². The second kappa shape index (κ2) is 18.9. The summed E-state index contributed by atoms with van der Waals surface area (Å²) in [4.78, 5) is 30.2. The van der Waals surface area contributed by atoms with E-state index in [1.807, 2.05) is 25.8 Å². The van der Waals surface area contributed by atoms with Gasteiger partial charge in [0.15, 0.2) is 12.6 Å². The number of aliphatic hydroxyl groups excluding tert-OH is 3. The van der Waals surface area contributed by atoms with Crippen molar-refractivity contribution in [2.24, 2.45) is 29.4 Å². The summed E-state index contributed by atoms with van der Waals surface area (Å²) in [5.41, 5.74) is 1.58. The number of Topliss-reactive ketones (excluding diaryl/α,β-unsaturated/α-hetero) is 1. The van der Waals surface area contributed by atoms with E-state index >= 15 is 0 Å². The van der Waals surface area contributed by atoms with Gasteiger partial charge in [-0.25, -0.2) is 0 Å². The number of carbonyl (C=O) groups excluding carboxylic acids is 2. The Morgan fingerprint density at radius 1 is 0.889 bits per heavy atom. The molecule has 0 bridgehead atoms. The molecule has 316 valence electrons. The second-order valence-corrected chi connectivity index (χ2v) is 16.9. The van der Waals surface area contributed by atoms with Gasteiger partial charge >= 0.3 is 5.97 Å². The van der Waals surface area contributed by atoms with Crippen LogP contribution in [0.5, 0.6) is 0 Å². The maximum absolute atomic E-state index is 14.2. The summed E-state index contributed by atoms with van der Waals surface area (Å²) in [6.45, 7) is 17.9. The summed E-state index contributed by atoms with van der Waals surface area (Å²) >= 11 is 0. The van der Waals surface area contributed by atoms with Crippen molar-refractivity contribution in [2.75, 3.05) is 34.4 Å². The molecule has 0 amide bonds. The van der Waals surface area contributed by atoms with Crippen molar-refractivity contribution < 1.29 is 63.2 Å². The minimum atomic E-state index is -1.97. The first-order valence-electron chi connectivity index (χ1n) is 19.7. The summed E-state index contributed by atoms with van der Waals surface area (Å²) in [6, 6.07) is -0.345. The Morgan fingerprint density at radius 3 is 2.06 bits per heavy atom. The van der Waals surface area contributed by atoms with E-state index in [1.54, 1.807) is 48.5 Å². The summed E-state index contributed by atoms with van der Waals surface area (Å²) < 4.78 is 44.0. The van der Waals surface area contributed by atoms with E-state index in [2.05, 4.69) is 0 Å². The molecule has 3 fully saturated rings. The van der Waals surface area contributed by atoms with Gasteiger partial charge in [-0.15, -0.1) is 0 Å². The lowest BCUT2D eigenvalue weighted by molar-refractivity contribution is -0.319. The van der Waals surface area contributed by atoms with E-state index in [0.717, 1.165) is 0 Å². The highest BCUT2D eigenvalue weighted by molar-refractivity contribution is 5.83. The summed E-state index contributed by atoms with van der Waals surface area (Å²) in [5.74, 6) is -4.55. The molecule has 0 aliphatic carbocycles. The number of likely N-dealkylation sites (N-methyl/N-ethyl adjacent to an activating group) is 1. The third kappa shape index (κ3) is 10.0. The molecule has 0 radical (unpaired) electrons. The van der Waals surface area contributed by atoms with Gasteiger partial charge in [-0.05, 0) is 67.9 Å². The molecular formula is C39H72N2O13. The Labute approximate surface area is 322 Å². The maximum Gasteiger partial charge on any atom is 0.311 e. The number of ketones is 1. The fourth-order valence-electron chi connectivity index (χ4n) is 8.88. The van der Waals surface area contributed by atoms with Crippen molar-refractivity contribution in [3.63, 3.8) is 0 Å². The lowest BCUT2D eigenvalue weighted by atomic mass is 9.74. The first-order valence-corrected chi connectivity index (χ1v) is 19.7. The van der Waals surface area contributed by atoms with E-state index in [9.17, 15) is 30.0 Å². The molecule has 0 aromatic heterocycles. The lowest BCUT2D eigenvalue weighted by Crippen LogP contribution is -2.61. The first-order chi connectivity index (χ1) is 25.0. The van der Waals surface area contributed by atoms with E-state index < -0.39 is 102 Å². The molecule has 0 unspecified atom stereocenters. The Kier molecular flexibility index (Phi) is 16.5. The third-order valence-corrected chi connectivity index (χ3v) is 12.7. The summed E-state index contributed by atoms with van der Waals surface area (Å²) in [5, 5.41) is 45.8. The van der Waals surface area contributed by atoms with Crippen LogP contribution in [0.4, 0.5) is 0 Å². The second-order valence-electron chi connectivity index (χ2n) is 16.9. The van der Waals surface area contributed by atoms with Crippen LogP contribution < -0.4 is 5.73 Å². The Balaban J connectivity index is 2.22. The van der Waals surface area contributed by atoms with Gasteiger partial charge in [-0.3, -0.25) is 14.5 Å². The van der Waals surface area contributed by atoms with Crippen LogP contribution in [0.15, 0.2) is 0 Å². The van der Waals surface area contributed by atoms with Gasteiger partial charge in [0, 0.05) is 57.5 Å². The number of nitrogens with zero attached hydrogens (tertiary/aromatic N) is 1. The molecule has 3 aliphatic rings. The van der Waals surface area contributed by atoms with Crippen LogP contribution in [0, 0.1) is 23.7 Å². The molecule has 0 aromatic rings. The van der Waals surface area contributed by atoms with Gasteiger partial charge < -0.3 is 59.3 Å². The minimum Gasteiger partial charge on any atom is -0.459 e. The average Bonchev–Trinajstić information content (AvgIpc) is 3.12. The standard InChI is InChI=1S/C39H72N2O13/c1-14-27-39(10,47)32(44)22(4)29(42)20(2)18-38(9,49-13)34(54-36-30(43)26(17-21(3)50-36)41(11)16-15-40)23(5)31(24(6)35(46)52-27)53-28-19-37(8,48-12)33(45)25(7)51-28/h20-28,30-34,36,43-45,47H,14-19,40H2,1-13H3/t20-,21-,22+,23+,24-,25+,26+,27-,28+,30-,31+,32-,33+,34-,36+,37-,38+,39-/m1/s1. The van der Waals surface area contributed by atoms with Crippen LogP contribution >= 0.6 is 0 Å². The molecule has 3 heterocycles. The van der Waals surface area contributed by atoms with Crippen molar-refractivity contribution in [2.45, 2.75) is 179 Å². The molecule has 15 nitrogen and oxygen atoms in total. The van der Waals surface area contributed by atoms with Crippen LogP contribution in [0.2, 0.25) is 0 Å². The highest BCUT2D eigenvalue weighted by Gasteiger charge is 2.54. The van der Waals surface area contributed by atoms with E-state index in [-0.39, 0.29) is 37.2 Å². The summed E-state index contributed by atoms with van der Waals surface area (Å²) in [6.07, 6.45) is -9.02. The monoisotopic (exact) mass is 777 g/mol. The normalized spacial score (nSPS) is 47.6. The predicted octanol–water partition coefficient (Wildman–Crippen LogP) is 1.77. The molecule has 3 aliphatic heterocycles. The molecular weight excluding hydrogens is 704 g/mol. The van der Waals surface area contributed by atoms with Gasteiger partial charge in [-0.1, -0.05) is 27.7 Å². The number of rotatable bonds is 10. The SMILES string of the molecule is CC[C@H]1OC(=O)[C@H](C)[C@@H](O[C@H]2C[C@@](C)(OC)[C@@H](O)[C@H](C)O2)[C@H](C)[C@@H](O[C@@H]2O[C@H](C)C[C@H](N(C)CCN)[C@H]2O)[C@@](C)(OC)C[C@@H](C)C(=O)[C@H](C)[C@@H](O)[C@]1(C)O. The topological polar surface area (TPSA) is 209 Å². The van der Waals surface area contributed by atoms with Crippen LogP contribution in [0.25, 0.3) is 0 Å². The van der Waals surface area contributed by atoms with Gasteiger partial charge in [0.1, 0.15) is 29.7 Å². The van der Waals surface area contributed by atoms with Crippen LogP contribution in [-0.2, 0) is 42.7 Å². The number of aliphatic hydroxyl groups is 4. The number of hydrogen-bond acceptors (Lipinski definition) is 15. The van der Waals surface area contributed by atoms with Crippen molar-refractivity contribution in [3.8, 4) is 0 Å². The zero-order valence-corrected chi connectivity index (χ0v) is 34.9. The molecule has 0 aromatic carbocycles. The van der Waals surface area contributed by atoms with Gasteiger partial charge in [0.05, 0.1) is 47.6 Å². The zero-order valence-electron chi connectivity index (χ0n) is 34.9. The van der Waals surface area contributed by atoms with Gasteiger partial charge in [0.25, 0.3) is 0 Å². The lowest BCUT2D eigenvalue weighted by Gasteiger charge is -2.50. The predicted molar refractivity (Wildman–Crippen MR) is 199 cm³/mol. The number of esters is 1. The highest BCUT2D eigenvalue weighted by Crippen LogP contribution is 2.42. The van der Waals surface area contributed by atoms with E-state index in [1.165, 1.54) is 21.1 Å². The van der Waals surface area contributed by atoms with Crippen molar-refractivity contribution >= 4 is 11.8 Å². The van der Waals surface area contributed by atoms with Crippen molar-refractivity contribution in [1.82, 2.24) is 4.90 Å². The number of ether oxygens (including phenoxy) is 7. The van der Waals surface area contributed by atoms with Crippen LogP contribution in [-0.4, -0.2) is 156 Å². The van der Waals surface area contributed by atoms with Crippen molar-refractivity contribution in [1.29, 1.82) is 0 Å². The van der Waals surface area contributed by atoms with E-state index in [4.69, 9.17) is 38.9 Å². The number of methoxy groups -OCH3 is 2. The smallest absolute Gasteiger partial charge is 0.311 e. The molecule has 3 rings (SSSR count). The maximum atomic E-state index is 14.2. The number of carbonyl (C=O) groups is 2. The zero-order chi connectivity index (χ0) is 41.1. The molecule has 0 saturated carbocycles. The quantitative estimate of drug-likeness (QED) is 0.200. The fourth-order valence-corrected chi connectivity index (χ4v) is 8.88. The fraction of sp³-hybridized carbons (Fsp3) is 0.949. The summed E-state index contributed by atoms with van der Waals surface area (Å²) in [7, 11) is 4.89. The van der Waals surface area contributed by atoms with Crippen LogP contribution in [0.1, 0.15) is 94.9 Å². The molecule has 0 spiro atoms. The number of cyclic esters (lactones) is 1. The molecule has 6 N–H and O–H groups in total. The minimum absolute atomic E-state index is 0.0963. The number of nitrogens with two attached hydrogens (primary N) is 1. The Bertz CT molecular complexity index is 1230. The highest BCUT2D eigenvalue weighted by atomic mass is 16.7. The van der Waals surface area contributed by atoms with Crippen LogP contribution in [0.3, 0.4) is 0 Å². The molecule has 3 saturated heterocycles. The number of hydrogen-bond donors (Lipinski definition) is 5. The molecule has 54 heavy (non-hydrogen) atoms. The van der Waals surface area contributed by atoms with Gasteiger partial charge in [-0.2, -0.15) is 0 Å². The average molecular weight is 777 g/mol. The third-order valence-electron chi connectivity index (χ3n) is 12.7. The first kappa shape index (κ1) is 47.0. The Morgan fingerprint density at radius 2 is 1.50 bits per heavy atom. The molecule has 18 atom stereocenters.